The van der Waals surface area contributed by atoms with Gasteiger partial charge in [0.05, 0.1) is 15.9 Å². The van der Waals surface area contributed by atoms with Crippen LogP contribution in [0.1, 0.15) is 19.0 Å². The first-order chi connectivity index (χ1) is 9.76. The van der Waals surface area contributed by atoms with Crippen molar-refractivity contribution in [2.24, 2.45) is 0 Å². The van der Waals surface area contributed by atoms with Crippen molar-refractivity contribution in [3.63, 3.8) is 0 Å². The number of methoxy groups -OCH3 is 1. The number of halogens is 1. The fraction of sp³-hybridized carbons (Fsp3) is 0.385. The molecule has 0 aliphatic rings. The Labute approximate surface area is 131 Å². The third-order valence-corrected chi connectivity index (χ3v) is 3.69. The van der Waals surface area contributed by atoms with Crippen molar-refractivity contribution in [3.8, 4) is 11.5 Å². The number of hydrogen-bond donors (Lipinski definition) is 1. The molecule has 0 atom stereocenters. The molecule has 0 saturated carbocycles. The number of rotatable bonds is 6. The van der Waals surface area contributed by atoms with Gasteiger partial charge in [-0.2, -0.15) is 0 Å². The Bertz CT molecular complexity index is 564. The van der Waals surface area contributed by atoms with Crippen LogP contribution >= 0.6 is 22.6 Å². The summed E-state index contributed by atoms with van der Waals surface area (Å²) in [5.74, 6) is 1.40. The molecule has 0 aliphatic heterocycles. The van der Waals surface area contributed by atoms with Crippen LogP contribution in [-0.4, -0.2) is 33.6 Å². The zero-order valence-corrected chi connectivity index (χ0v) is 13.6. The number of ether oxygens (including phenoxy) is 1. The van der Waals surface area contributed by atoms with E-state index in [9.17, 15) is 0 Å². The lowest BCUT2D eigenvalue weighted by Gasteiger charge is -2.12. The van der Waals surface area contributed by atoms with Crippen LogP contribution < -0.4 is 5.32 Å². The second-order valence-corrected chi connectivity index (χ2v) is 5.19. The van der Waals surface area contributed by atoms with Crippen LogP contribution in [0, 0.1) is 3.57 Å². The fourth-order valence-electron chi connectivity index (χ4n) is 1.62. The number of aromatic nitrogens is 4. The van der Waals surface area contributed by atoms with Gasteiger partial charge in [-0.05, 0) is 35.1 Å². The van der Waals surface area contributed by atoms with Crippen molar-refractivity contribution in [2.45, 2.75) is 20.0 Å². The van der Waals surface area contributed by atoms with E-state index in [1.807, 2.05) is 0 Å². The lowest BCUT2D eigenvalue weighted by molar-refractivity contribution is 0.181. The molecule has 2 aromatic heterocycles. The van der Waals surface area contributed by atoms with Gasteiger partial charge in [-0.15, -0.1) is 0 Å². The van der Waals surface area contributed by atoms with Crippen LogP contribution in [0.5, 0.6) is 0 Å². The van der Waals surface area contributed by atoms with E-state index in [-0.39, 0.29) is 0 Å². The summed E-state index contributed by atoms with van der Waals surface area (Å²) in [5, 5.41) is 3.31. The van der Waals surface area contributed by atoms with E-state index in [0.717, 1.165) is 28.0 Å². The number of nitrogens with one attached hydrogen (secondary N) is 1. The predicted octanol–water partition coefficient (Wildman–Crippen LogP) is 2.51. The average molecular weight is 385 g/mol. The van der Waals surface area contributed by atoms with E-state index >= 15 is 0 Å². The van der Waals surface area contributed by atoms with E-state index in [4.69, 9.17) is 4.74 Å². The first kappa shape index (κ1) is 15.0. The Kier molecular flexibility index (Phi) is 5.60. The van der Waals surface area contributed by atoms with Crippen LogP contribution in [0.4, 0.5) is 5.82 Å². The summed E-state index contributed by atoms with van der Waals surface area (Å²) in [7, 11) is 1.65. The summed E-state index contributed by atoms with van der Waals surface area (Å²) in [6, 6.07) is 1.79. The lowest BCUT2D eigenvalue weighted by Crippen LogP contribution is -2.10. The van der Waals surface area contributed by atoms with Crippen LogP contribution in [0.3, 0.4) is 0 Å². The molecule has 7 heteroatoms. The standard InChI is InChI=1S/C13H16IN5O/c1-3-5-16-13-11(14)10(7-20-2)18-12(19-13)9-4-6-15-8-17-9/h4,6,8H,3,5,7H2,1-2H3,(H,16,18,19). The molecule has 0 fully saturated rings. The van der Waals surface area contributed by atoms with Crippen LogP contribution in [0.15, 0.2) is 18.6 Å². The second kappa shape index (κ2) is 7.44. The SMILES string of the molecule is CCCNc1nc(-c2ccncn2)nc(COC)c1I. The summed E-state index contributed by atoms with van der Waals surface area (Å²) in [4.78, 5) is 17.2. The zero-order chi connectivity index (χ0) is 14.4. The molecule has 20 heavy (non-hydrogen) atoms. The van der Waals surface area contributed by atoms with E-state index in [1.165, 1.54) is 6.33 Å². The summed E-state index contributed by atoms with van der Waals surface area (Å²) < 4.78 is 6.19. The van der Waals surface area contributed by atoms with E-state index in [1.54, 1.807) is 19.4 Å². The summed E-state index contributed by atoms with van der Waals surface area (Å²) in [5.41, 5.74) is 1.56. The highest BCUT2D eigenvalue weighted by molar-refractivity contribution is 14.1. The normalized spacial score (nSPS) is 10.6. The highest BCUT2D eigenvalue weighted by atomic mass is 127. The second-order valence-electron chi connectivity index (χ2n) is 4.11. The highest BCUT2D eigenvalue weighted by Crippen LogP contribution is 2.23. The Morgan fingerprint density at radius 3 is 2.85 bits per heavy atom. The number of hydrogen-bond acceptors (Lipinski definition) is 6. The minimum Gasteiger partial charge on any atom is -0.378 e. The summed E-state index contributed by atoms with van der Waals surface area (Å²) in [6.07, 6.45) is 4.20. The summed E-state index contributed by atoms with van der Waals surface area (Å²) in [6.45, 7) is 3.42. The van der Waals surface area contributed by atoms with Crippen molar-refractivity contribution in [2.75, 3.05) is 19.0 Å². The minimum atomic E-state index is 0.444. The zero-order valence-electron chi connectivity index (χ0n) is 11.4. The molecule has 0 spiro atoms. The molecule has 0 aliphatic carbocycles. The molecule has 0 unspecified atom stereocenters. The van der Waals surface area contributed by atoms with Crippen LogP contribution in [-0.2, 0) is 11.3 Å². The molecule has 0 aromatic carbocycles. The molecule has 6 nitrogen and oxygen atoms in total. The Balaban J connectivity index is 2.44. The Morgan fingerprint density at radius 1 is 1.35 bits per heavy atom. The summed E-state index contributed by atoms with van der Waals surface area (Å²) >= 11 is 2.24. The van der Waals surface area contributed by atoms with E-state index < -0.39 is 0 Å². The maximum absolute atomic E-state index is 5.20. The topological polar surface area (TPSA) is 72.8 Å². The van der Waals surface area contributed by atoms with Gasteiger partial charge >= 0.3 is 0 Å². The van der Waals surface area contributed by atoms with Gasteiger partial charge < -0.3 is 10.1 Å². The van der Waals surface area contributed by atoms with Gasteiger partial charge in [0.15, 0.2) is 5.82 Å². The van der Waals surface area contributed by atoms with Crippen molar-refractivity contribution in [3.05, 3.63) is 27.9 Å². The first-order valence-corrected chi connectivity index (χ1v) is 7.39. The maximum atomic E-state index is 5.20. The van der Waals surface area contributed by atoms with Gasteiger partial charge in [-0.3, -0.25) is 0 Å². The lowest BCUT2D eigenvalue weighted by atomic mass is 10.3. The molecule has 2 rings (SSSR count). The molecule has 0 radical (unpaired) electrons. The molecule has 0 saturated heterocycles. The quantitative estimate of drug-likeness (QED) is 0.771. The van der Waals surface area contributed by atoms with Gasteiger partial charge in [0.1, 0.15) is 17.8 Å². The monoisotopic (exact) mass is 385 g/mol. The largest absolute Gasteiger partial charge is 0.378 e. The molecule has 2 aromatic rings. The van der Waals surface area contributed by atoms with E-state index in [0.29, 0.717) is 18.1 Å². The number of nitrogens with zero attached hydrogens (tertiary/aromatic N) is 4. The molecule has 106 valence electrons. The third-order valence-electron chi connectivity index (χ3n) is 2.55. The highest BCUT2D eigenvalue weighted by Gasteiger charge is 2.13. The molecule has 1 N–H and O–H groups in total. The van der Waals surface area contributed by atoms with E-state index in [2.05, 4.69) is 54.8 Å². The van der Waals surface area contributed by atoms with Gasteiger partial charge in [0.25, 0.3) is 0 Å². The Hall–Kier alpha value is -1.35. The molecular weight excluding hydrogens is 369 g/mol. The van der Waals surface area contributed by atoms with Crippen molar-refractivity contribution in [1.29, 1.82) is 0 Å². The van der Waals surface area contributed by atoms with Crippen molar-refractivity contribution in [1.82, 2.24) is 19.9 Å². The number of anilines is 1. The van der Waals surface area contributed by atoms with Gasteiger partial charge in [0.2, 0.25) is 0 Å². The first-order valence-electron chi connectivity index (χ1n) is 6.31. The molecule has 2 heterocycles. The maximum Gasteiger partial charge on any atom is 0.180 e. The van der Waals surface area contributed by atoms with Gasteiger partial charge in [-0.1, -0.05) is 6.92 Å². The van der Waals surface area contributed by atoms with Crippen molar-refractivity contribution < 1.29 is 4.74 Å². The fourth-order valence-corrected chi connectivity index (χ4v) is 2.21. The molecule has 0 amide bonds. The molecular formula is C13H16IN5O. The Morgan fingerprint density at radius 2 is 2.20 bits per heavy atom. The third kappa shape index (κ3) is 3.60. The van der Waals surface area contributed by atoms with Crippen molar-refractivity contribution >= 4 is 28.4 Å². The predicted molar refractivity (Wildman–Crippen MR) is 85.3 cm³/mol. The van der Waals surface area contributed by atoms with Gasteiger partial charge in [-0.25, -0.2) is 19.9 Å². The average Bonchev–Trinajstić information content (AvgIpc) is 2.49. The molecule has 0 bridgehead atoms. The minimum absolute atomic E-state index is 0.444. The van der Waals surface area contributed by atoms with Crippen LogP contribution in [0.25, 0.3) is 11.5 Å². The van der Waals surface area contributed by atoms with Gasteiger partial charge in [0, 0.05) is 19.9 Å². The van der Waals surface area contributed by atoms with Crippen LogP contribution in [0.2, 0.25) is 0 Å². The smallest absolute Gasteiger partial charge is 0.180 e.